The molecule has 4 nitrogen and oxygen atoms in total. The van der Waals surface area contributed by atoms with Crippen LogP contribution in [-0.2, 0) is 6.54 Å². The number of carbonyl (C=O) groups is 1. The fraction of sp³-hybridized carbons (Fsp3) is 0.235. The van der Waals surface area contributed by atoms with Crippen molar-refractivity contribution in [1.29, 1.82) is 0 Å². The summed E-state index contributed by atoms with van der Waals surface area (Å²) < 4.78 is 2.98. The van der Waals surface area contributed by atoms with Crippen molar-refractivity contribution in [2.24, 2.45) is 4.99 Å². The van der Waals surface area contributed by atoms with E-state index in [0.29, 0.717) is 16.2 Å². The zero-order chi connectivity index (χ0) is 16.6. The Bertz CT molecular complexity index is 1010. The standard InChI is InChI=1S/C17H15N3OS2/c1-5-8-20-13-7-6-10(2)9-14(13)23-17(20)19-16(21)15-11(3)18-12(4)22-15/h1,6-7,9H,8H2,2-4H3. The van der Waals surface area contributed by atoms with Crippen LogP contribution in [-0.4, -0.2) is 15.5 Å². The summed E-state index contributed by atoms with van der Waals surface area (Å²) in [6.07, 6.45) is 5.48. The molecule has 0 N–H and O–H groups in total. The van der Waals surface area contributed by atoms with E-state index >= 15 is 0 Å². The molecule has 0 saturated heterocycles. The second-order valence-corrected chi connectivity index (χ2v) is 7.42. The molecule has 0 saturated carbocycles. The molecular formula is C17H15N3OS2. The average molecular weight is 341 g/mol. The van der Waals surface area contributed by atoms with Crippen molar-refractivity contribution in [2.45, 2.75) is 27.3 Å². The fourth-order valence-electron chi connectivity index (χ4n) is 2.38. The van der Waals surface area contributed by atoms with Gasteiger partial charge in [0.25, 0.3) is 5.91 Å². The van der Waals surface area contributed by atoms with Crippen LogP contribution in [0.2, 0.25) is 0 Å². The van der Waals surface area contributed by atoms with Crippen LogP contribution in [0.1, 0.15) is 25.9 Å². The third-order valence-electron chi connectivity index (χ3n) is 3.38. The van der Waals surface area contributed by atoms with Crippen LogP contribution in [0.25, 0.3) is 10.2 Å². The lowest BCUT2D eigenvalue weighted by molar-refractivity contribution is 0.100. The maximum absolute atomic E-state index is 12.5. The maximum atomic E-state index is 12.5. The molecule has 6 heteroatoms. The Hall–Kier alpha value is -2.23. The molecule has 2 heterocycles. The summed E-state index contributed by atoms with van der Waals surface area (Å²) in [5.74, 6) is 2.37. The second kappa shape index (κ2) is 6.11. The van der Waals surface area contributed by atoms with E-state index in [-0.39, 0.29) is 5.91 Å². The highest BCUT2D eigenvalue weighted by Gasteiger charge is 2.14. The molecule has 0 unspecified atom stereocenters. The van der Waals surface area contributed by atoms with Gasteiger partial charge in [0, 0.05) is 0 Å². The monoisotopic (exact) mass is 341 g/mol. The Kier molecular flexibility index (Phi) is 4.16. The van der Waals surface area contributed by atoms with E-state index < -0.39 is 0 Å². The van der Waals surface area contributed by atoms with E-state index in [1.165, 1.54) is 28.2 Å². The van der Waals surface area contributed by atoms with Gasteiger partial charge in [0.05, 0.1) is 27.5 Å². The van der Waals surface area contributed by atoms with Gasteiger partial charge in [-0.3, -0.25) is 4.79 Å². The first kappa shape index (κ1) is 15.7. The van der Waals surface area contributed by atoms with Crippen molar-refractivity contribution in [3.63, 3.8) is 0 Å². The van der Waals surface area contributed by atoms with Crippen molar-refractivity contribution in [3.05, 3.63) is 44.1 Å². The lowest BCUT2D eigenvalue weighted by Gasteiger charge is -1.99. The predicted octanol–water partition coefficient (Wildman–Crippen LogP) is 3.46. The molecule has 3 rings (SSSR count). The van der Waals surface area contributed by atoms with Gasteiger partial charge in [-0.15, -0.1) is 17.8 Å². The minimum Gasteiger partial charge on any atom is -0.305 e. The van der Waals surface area contributed by atoms with E-state index in [1.54, 1.807) is 0 Å². The van der Waals surface area contributed by atoms with Gasteiger partial charge in [-0.25, -0.2) is 4.98 Å². The zero-order valence-corrected chi connectivity index (χ0v) is 14.7. The first-order valence-corrected chi connectivity index (χ1v) is 8.69. The number of hydrogen-bond donors (Lipinski definition) is 0. The van der Waals surface area contributed by atoms with Crippen LogP contribution in [0.15, 0.2) is 23.2 Å². The fourth-order valence-corrected chi connectivity index (χ4v) is 4.31. The van der Waals surface area contributed by atoms with E-state index in [9.17, 15) is 4.79 Å². The molecule has 0 spiro atoms. The SMILES string of the molecule is C#CCn1c(=NC(=O)c2sc(C)nc2C)sc2cc(C)ccc21. The molecule has 0 fully saturated rings. The van der Waals surface area contributed by atoms with Crippen molar-refractivity contribution in [1.82, 2.24) is 9.55 Å². The summed E-state index contributed by atoms with van der Waals surface area (Å²) in [5, 5.41) is 0.865. The Balaban J connectivity index is 2.18. The smallest absolute Gasteiger partial charge is 0.291 e. The summed E-state index contributed by atoms with van der Waals surface area (Å²) in [5.41, 5.74) is 2.89. The van der Waals surface area contributed by atoms with E-state index in [0.717, 1.165) is 20.9 Å². The molecule has 1 aromatic carbocycles. The highest BCUT2D eigenvalue weighted by atomic mass is 32.1. The van der Waals surface area contributed by atoms with E-state index in [1.807, 2.05) is 37.5 Å². The largest absolute Gasteiger partial charge is 0.305 e. The Morgan fingerprint density at radius 1 is 1.35 bits per heavy atom. The maximum Gasteiger partial charge on any atom is 0.291 e. The third kappa shape index (κ3) is 2.98. The lowest BCUT2D eigenvalue weighted by atomic mass is 10.2. The quantitative estimate of drug-likeness (QED) is 0.670. The number of thiazole rings is 2. The number of fused-ring (bicyclic) bond motifs is 1. The third-order valence-corrected chi connectivity index (χ3v) is 5.48. The van der Waals surface area contributed by atoms with Crippen LogP contribution in [0.3, 0.4) is 0 Å². The number of aromatic nitrogens is 2. The van der Waals surface area contributed by atoms with Gasteiger partial charge in [0.2, 0.25) is 0 Å². The van der Waals surface area contributed by atoms with Crippen LogP contribution in [0.5, 0.6) is 0 Å². The predicted molar refractivity (Wildman–Crippen MR) is 94.9 cm³/mol. The van der Waals surface area contributed by atoms with E-state index in [4.69, 9.17) is 6.42 Å². The number of carbonyl (C=O) groups excluding carboxylic acids is 1. The Morgan fingerprint density at radius 3 is 2.78 bits per heavy atom. The molecule has 23 heavy (non-hydrogen) atoms. The van der Waals surface area contributed by atoms with Gasteiger partial charge in [-0.05, 0) is 38.5 Å². The number of benzene rings is 1. The number of amides is 1. The molecule has 1 amide bonds. The molecule has 116 valence electrons. The van der Waals surface area contributed by atoms with Crippen molar-refractivity contribution < 1.29 is 4.79 Å². The molecule has 0 bridgehead atoms. The molecule has 0 atom stereocenters. The Labute approximate surface area is 142 Å². The van der Waals surface area contributed by atoms with Crippen LogP contribution in [0.4, 0.5) is 0 Å². The summed E-state index contributed by atoms with van der Waals surface area (Å²) in [7, 11) is 0. The summed E-state index contributed by atoms with van der Waals surface area (Å²) in [4.78, 5) is 22.3. The van der Waals surface area contributed by atoms with Crippen molar-refractivity contribution in [2.75, 3.05) is 0 Å². The lowest BCUT2D eigenvalue weighted by Crippen LogP contribution is -2.16. The van der Waals surface area contributed by atoms with Crippen LogP contribution >= 0.6 is 22.7 Å². The van der Waals surface area contributed by atoms with Gasteiger partial charge >= 0.3 is 0 Å². The highest BCUT2D eigenvalue weighted by molar-refractivity contribution is 7.16. The Morgan fingerprint density at radius 2 is 2.13 bits per heavy atom. The van der Waals surface area contributed by atoms with Crippen LogP contribution < -0.4 is 4.80 Å². The van der Waals surface area contributed by atoms with Gasteiger partial charge in [-0.1, -0.05) is 23.3 Å². The van der Waals surface area contributed by atoms with Gasteiger partial charge in [0.15, 0.2) is 4.80 Å². The number of hydrogen-bond acceptors (Lipinski definition) is 4. The number of rotatable bonds is 2. The average Bonchev–Trinajstić information content (AvgIpc) is 2.99. The number of nitrogens with zero attached hydrogens (tertiary/aromatic N) is 3. The normalized spacial score (nSPS) is 11.8. The van der Waals surface area contributed by atoms with Crippen molar-refractivity contribution >= 4 is 38.8 Å². The molecule has 3 aromatic rings. The molecular weight excluding hydrogens is 326 g/mol. The first-order chi connectivity index (χ1) is 11.0. The van der Waals surface area contributed by atoms with Gasteiger partial charge < -0.3 is 4.57 Å². The van der Waals surface area contributed by atoms with Crippen LogP contribution in [0, 0.1) is 33.1 Å². The minimum absolute atomic E-state index is 0.262. The van der Waals surface area contributed by atoms with Gasteiger partial charge in [0.1, 0.15) is 4.88 Å². The molecule has 0 radical (unpaired) electrons. The topological polar surface area (TPSA) is 47.2 Å². The van der Waals surface area contributed by atoms with Gasteiger partial charge in [-0.2, -0.15) is 4.99 Å². The zero-order valence-electron chi connectivity index (χ0n) is 13.1. The minimum atomic E-state index is -0.262. The second-order valence-electron chi connectivity index (χ2n) is 5.21. The molecule has 2 aromatic heterocycles. The summed E-state index contributed by atoms with van der Waals surface area (Å²) in [6.45, 7) is 6.14. The highest BCUT2D eigenvalue weighted by Crippen LogP contribution is 2.20. The number of aryl methyl sites for hydroxylation is 3. The molecule has 0 aliphatic carbocycles. The summed E-state index contributed by atoms with van der Waals surface area (Å²) in [6, 6.07) is 6.13. The molecule has 0 aliphatic rings. The first-order valence-electron chi connectivity index (χ1n) is 7.06. The summed E-state index contributed by atoms with van der Waals surface area (Å²) >= 11 is 2.85. The van der Waals surface area contributed by atoms with E-state index in [2.05, 4.69) is 22.0 Å². The number of terminal acetylenes is 1. The van der Waals surface area contributed by atoms with Crippen molar-refractivity contribution in [3.8, 4) is 12.3 Å². The molecule has 0 aliphatic heterocycles.